The molecule has 1 spiro atoms. The molecule has 5 nitrogen and oxygen atoms in total. The van der Waals surface area contributed by atoms with Crippen LogP contribution in [0, 0.1) is 11.3 Å². The van der Waals surface area contributed by atoms with Gasteiger partial charge in [-0.1, -0.05) is 6.42 Å². The first-order chi connectivity index (χ1) is 11.7. The van der Waals surface area contributed by atoms with Crippen molar-refractivity contribution in [3.63, 3.8) is 0 Å². The maximum Gasteiger partial charge on any atom is 0.200 e. The highest BCUT2D eigenvalue weighted by Gasteiger charge is 2.43. The molecule has 0 radical (unpaired) electrons. The quantitative estimate of drug-likeness (QED) is 0.891. The zero-order valence-electron chi connectivity index (χ0n) is 15.7. The Morgan fingerprint density at radius 2 is 1.92 bits per heavy atom. The molecule has 2 N–H and O–H groups in total. The fraction of sp³-hybridized carbons (Fsp3) is 0.737. The Morgan fingerprint density at radius 3 is 2.44 bits per heavy atom. The average Bonchev–Trinajstić information content (AvgIpc) is 2.97. The Hall–Kier alpha value is -1.14. The zero-order valence-corrected chi connectivity index (χ0v) is 16.5. The largest absolute Gasteiger partial charge is 0.370 e. The maximum atomic E-state index is 12.5. The minimum absolute atomic E-state index is 0.163. The van der Waals surface area contributed by atoms with Crippen LogP contribution in [-0.4, -0.2) is 37.8 Å². The summed E-state index contributed by atoms with van der Waals surface area (Å²) in [7, 11) is -3.40. The number of nitrogens with zero attached hydrogens (tertiary/aromatic N) is 2. The second-order valence-corrected chi connectivity index (χ2v) is 11.3. The van der Waals surface area contributed by atoms with Crippen LogP contribution in [0.25, 0.3) is 0 Å². The van der Waals surface area contributed by atoms with E-state index in [0.29, 0.717) is 11.3 Å². The van der Waals surface area contributed by atoms with Crippen LogP contribution in [0.1, 0.15) is 52.9 Å². The van der Waals surface area contributed by atoms with Gasteiger partial charge in [0.2, 0.25) is 0 Å². The minimum Gasteiger partial charge on any atom is -0.370 e. The van der Waals surface area contributed by atoms with Crippen molar-refractivity contribution in [2.45, 2.75) is 62.6 Å². The van der Waals surface area contributed by atoms with Gasteiger partial charge in [-0.2, -0.15) is 0 Å². The summed E-state index contributed by atoms with van der Waals surface area (Å²) in [6.45, 7) is 7.93. The van der Waals surface area contributed by atoms with Crippen molar-refractivity contribution >= 4 is 15.5 Å². The van der Waals surface area contributed by atoms with Crippen molar-refractivity contribution in [2.75, 3.05) is 24.5 Å². The van der Waals surface area contributed by atoms with E-state index < -0.39 is 14.6 Å². The molecule has 1 aliphatic heterocycles. The molecule has 0 aromatic carbocycles. The van der Waals surface area contributed by atoms with Gasteiger partial charge in [-0.05, 0) is 76.5 Å². The van der Waals surface area contributed by atoms with Crippen molar-refractivity contribution < 1.29 is 8.42 Å². The fourth-order valence-corrected chi connectivity index (χ4v) is 5.55. The second-order valence-electron chi connectivity index (χ2n) is 8.64. The molecule has 1 aromatic heterocycles. The Labute approximate surface area is 151 Å². The van der Waals surface area contributed by atoms with Gasteiger partial charge < -0.3 is 10.6 Å². The van der Waals surface area contributed by atoms with E-state index >= 15 is 0 Å². The van der Waals surface area contributed by atoms with Crippen LogP contribution in [0.5, 0.6) is 0 Å². The third-order valence-corrected chi connectivity index (χ3v) is 8.71. The SMILES string of the molecule is CC(C)(C)S(=O)(=O)c1ccc(N2CCC3(CCCC3CN)CC2)cn1. The number of nitrogens with two attached hydrogens (primary N) is 1. The summed E-state index contributed by atoms with van der Waals surface area (Å²) in [4.78, 5) is 6.59. The van der Waals surface area contributed by atoms with Gasteiger partial charge in [0.05, 0.1) is 16.6 Å². The van der Waals surface area contributed by atoms with Gasteiger partial charge in [0, 0.05) is 13.1 Å². The molecule has 3 rings (SSSR count). The summed E-state index contributed by atoms with van der Waals surface area (Å²) in [6.07, 6.45) is 7.96. The Bertz CT molecular complexity index is 699. The van der Waals surface area contributed by atoms with Crippen molar-refractivity contribution in [3.05, 3.63) is 18.3 Å². The molecule has 1 atom stereocenters. The second kappa shape index (κ2) is 6.54. The van der Waals surface area contributed by atoms with E-state index in [1.165, 1.54) is 32.1 Å². The van der Waals surface area contributed by atoms with E-state index in [4.69, 9.17) is 5.73 Å². The van der Waals surface area contributed by atoms with Gasteiger partial charge in [0.1, 0.15) is 0 Å². The first kappa shape index (κ1) is 18.6. The summed E-state index contributed by atoms with van der Waals surface area (Å²) in [5, 5.41) is 0.163. The van der Waals surface area contributed by atoms with Gasteiger partial charge in [-0.25, -0.2) is 13.4 Å². The third kappa shape index (κ3) is 3.31. The Balaban J connectivity index is 1.71. The predicted octanol–water partition coefficient (Wildman–Crippen LogP) is 3.00. The van der Waals surface area contributed by atoms with E-state index in [0.717, 1.165) is 25.3 Å². The smallest absolute Gasteiger partial charge is 0.200 e. The van der Waals surface area contributed by atoms with E-state index in [2.05, 4.69) is 9.88 Å². The van der Waals surface area contributed by atoms with E-state index in [1.807, 2.05) is 6.07 Å². The lowest BCUT2D eigenvalue weighted by atomic mass is 9.70. The van der Waals surface area contributed by atoms with Gasteiger partial charge >= 0.3 is 0 Å². The fourth-order valence-electron chi connectivity index (χ4n) is 4.48. The van der Waals surface area contributed by atoms with Crippen LogP contribution >= 0.6 is 0 Å². The van der Waals surface area contributed by atoms with Crippen molar-refractivity contribution in [1.82, 2.24) is 4.98 Å². The number of aromatic nitrogens is 1. The molecule has 2 heterocycles. The van der Waals surface area contributed by atoms with Crippen molar-refractivity contribution in [3.8, 4) is 0 Å². The molecular weight excluding hydrogens is 334 g/mol. The highest BCUT2D eigenvalue weighted by molar-refractivity contribution is 7.92. The number of rotatable bonds is 3. The highest BCUT2D eigenvalue weighted by atomic mass is 32.2. The first-order valence-corrected chi connectivity index (χ1v) is 10.8. The predicted molar refractivity (Wildman–Crippen MR) is 101 cm³/mol. The van der Waals surface area contributed by atoms with E-state index in [9.17, 15) is 8.42 Å². The number of hydrogen-bond donors (Lipinski definition) is 1. The van der Waals surface area contributed by atoms with Crippen LogP contribution in [0.3, 0.4) is 0 Å². The number of piperidine rings is 1. The molecule has 1 aromatic rings. The topological polar surface area (TPSA) is 76.3 Å². The molecule has 2 aliphatic rings. The summed E-state index contributed by atoms with van der Waals surface area (Å²) >= 11 is 0. The number of sulfone groups is 1. The van der Waals surface area contributed by atoms with E-state index in [-0.39, 0.29) is 5.03 Å². The van der Waals surface area contributed by atoms with Gasteiger partial charge in [-0.3, -0.25) is 0 Å². The van der Waals surface area contributed by atoms with Crippen LogP contribution in [0.15, 0.2) is 23.4 Å². The molecule has 1 saturated heterocycles. The average molecular weight is 366 g/mol. The summed E-state index contributed by atoms with van der Waals surface area (Å²) in [6, 6.07) is 3.55. The first-order valence-electron chi connectivity index (χ1n) is 9.35. The molecule has 6 heteroatoms. The Morgan fingerprint density at radius 1 is 1.24 bits per heavy atom. The lowest BCUT2D eigenvalue weighted by Gasteiger charge is -2.43. The number of anilines is 1. The molecule has 0 bridgehead atoms. The third-order valence-electron chi connectivity index (χ3n) is 6.30. The van der Waals surface area contributed by atoms with Crippen molar-refractivity contribution in [2.24, 2.45) is 17.1 Å². The summed E-state index contributed by atoms with van der Waals surface area (Å²) < 4.78 is 24.2. The van der Waals surface area contributed by atoms with Crippen molar-refractivity contribution in [1.29, 1.82) is 0 Å². The van der Waals surface area contributed by atoms with Gasteiger partial charge in [0.15, 0.2) is 14.9 Å². The van der Waals surface area contributed by atoms with Gasteiger partial charge in [0.25, 0.3) is 0 Å². The minimum atomic E-state index is -3.40. The summed E-state index contributed by atoms with van der Waals surface area (Å²) in [5.41, 5.74) is 7.45. The Kier molecular flexibility index (Phi) is 4.88. The van der Waals surface area contributed by atoms with Crippen LogP contribution in [-0.2, 0) is 9.84 Å². The standard InChI is InChI=1S/C19H31N3O2S/c1-18(2,3)25(23,24)17-7-6-16(14-21-17)22-11-9-19(10-12-22)8-4-5-15(19)13-20/h6-7,14-15H,4-5,8-13,20H2,1-3H3. The molecule has 1 saturated carbocycles. The molecular formula is C19H31N3O2S. The number of pyridine rings is 1. The van der Waals surface area contributed by atoms with Crippen LogP contribution in [0.2, 0.25) is 0 Å². The molecule has 1 unspecified atom stereocenters. The maximum absolute atomic E-state index is 12.5. The lowest BCUT2D eigenvalue weighted by Crippen LogP contribution is -2.43. The van der Waals surface area contributed by atoms with Crippen LogP contribution < -0.4 is 10.6 Å². The lowest BCUT2D eigenvalue weighted by molar-refractivity contribution is 0.154. The van der Waals surface area contributed by atoms with E-state index in [1.54, 1.807) is 33.0 Å². The molecule has 1 aliphatic carbocycles. The highest BCUT2D eigenvalue weighted by Crippen LogP contribution is 2.50. The molecule has 25 heavy (non-hydrogen) atoms. The molecule has 0 amide bonds. The van der Waals surface area contributed by atoms with Gasteiger partial charge in [-0.15, -0.1) is 0 Å². The molecule has 2 fully saturated rings. The zero-order chi connectivity index (χ0) is 18.3. The summed E-state index contributed by atoms with van der Waals surface area (Å²) in [5.74, 6) is 0.673. The monoisotopic (exact) mass is 365 g/mol. The number of hydrogen-bond acceptors (Lipinski definition) is 5. The molecule has 140 valence electrons. The van der Waals surface area contributed by atoms with Crippen LogP contribution in [0.4, 0.5) is 5.69 Å². The normalized spacial score (nSPS) is 24.0.